The van der Waals surface area contributed by atoms with Crippen LogP contribution in [0.2, 0.25) is 0 Å². The van der Waals surface area contributed by atoms with E-state index < -0.39 is 17.7 Å². The number of furan rings is 1. The number of esters is 1. The Morgan fingerprint density at radius 3 is 2.76 bits per heavy atom. The van der Waals surface area contributed by atoms with Crippen LogP contribution in [0.1, 0.15) is 33.2 Å². The SMILES string of the molecule is CCOC(=O)c1cc(NC(=O)c2ccoc2)c(F)cc1C. The Morgan fingerprint density at radius 1 is 1.38 bits per heavy atom. The largest absolute Gasteiger partial charge is 0.472 e. The Kier molecular flexibility index (Phi) is 4.37. The average molecular weight is 291 g/mol. The van der Waals surface area contributed by atoms with Crippen molar-refractivity contribution in [3.63, 3.8) is 0 Å². The first kappa shape index (κ1) is 14.8. The summed E-state index contributed by atoms with van der Waals surface area (Å²) in [4.78, 5) is 23.6. The van der Waals surface area contributed by atoms with Crippen LogP contribution in [0.15, 0.2) is 35.1 Å². The Labute approximate surface area is 120 Å². The second kappa shape index (κ2) is 6.21. The molecule has 0 atom stereocenters. The van der Waals surface area contributed by atoms with Gasteiger partial charge in [0.2, 0.25) is 0 Å². The third-order valence-electron chi connectivity index (χ3n) is 2.84. The van der Waals surface area contributed by atoms with Gasteiger partial charge in [0.15, 0.2) is 0 Å². The maximum atomic E-state index is 13.9. The van der Waals surface area contributed by atoms with Crippen molar-refractivity contribution in [1.82, 2.24) is 0 Å². The van der Waals surface area contributed by atoms with Crippen molar-refractivity contribution in [3.05, 3.63) is 53.2 Å². The minimum absolute atomic E-state index is 0.0881. The lowest BCUT2D eigenvalue weighted by molar-refractivity contribution is 0.0525. The van der Waals surface area contributed by atoms with Crippen LogP contribution in [0.4, 0.5) is 10.1 Å². The van der Waals surface area contributed by atoms with Crippen LogP contribution >= 0.6 is 0 Å². The van der Waals surface area contributed by atoms with E-state index in [1.165, 1.54) is 30.7 Å². The van der Waals surface area contributed by atoms with Crippen molar-refractivity contribution in [2.45, 2.75) is 13.8 Å². The Balaban J connectivity index is 2.29. The first-order chi connectivity index (χ1) is 10.0. The van der Waals surface area contributed by atoms with Gasteiger partial charge < -0.3 is 14.5 Å². The zero-order valence-electron chi connectivity index (χ0n) is 11.6. The van der Waals surface area contributed by atoms with Gasteiger partial charge in [0.25, 0.3) is 5.91 Å². The summed E-state index contributed by atoms with van der Waals surface area (Å²) in [5.74, 6) is -1.72. The fourth-order valence-electron chi connectivity index (χ4n) is 1.79. The molecule has 110 valence electrons. The van der Waals surface area contributed by atoms with E-state index in [1.807, 2.05) is 0 Å². The van der Waals surface area contributed by atoms with Gasteiger partial charge in [0.05, 0.1) is 29.7 Å². The predicted molar refractivity (Wildman–Crippen MR) is 73.8 cm³/mol. The summed E-state index contributed by atoms with van der Waals surface area (Å²) in [5, 5.41) is 2.40. The van der Waals surface area contributed by atoms with E-state index in [2.05, 4.69) is 5.32 Å². The number of rotatable bonds is 4. The van der Waals surface area contributed by atoms with E-state index in [0.717, 1.165) is 0 Å². The average Bonchev–Trinajstić information content (AvgIpc) is 2.96. The van der Waals surface area contributed by atoms with E-state index in [9.17, 15) is 14.0 Å². The Hall–Kier alpha value is -2.63. The lowest BCUT2D eigenvalue weighted by Gasteiger charge is -2.10. The topological polar surface area (TPSA) is 68.5 Å². The molecule has 1 amide bonds. The number of nitrogens with one attached hydrogen (secondary N) is 1. The molecule has 1 N–H and O–H groups in total. The first-order valence-corrected chi connectivity index (χ1v) is 6.33. The van der Waals surface area contributed by atoms with Gasteiger partial charge in [-0.15, -0.1) is 0 Å². The molecule has 1 aromatic heterocycles. The number of aryl methyl sites for hydroxylation is 1. The lowest BCUT2D eigenvalue weighted by Crippen LogP contribution is -2.14. The zero-order chi connectivity index (χ0) is 15.4. The van der Waals surface area contributed by atoms with Crippen LogP contribution in [-0.4, -0.2) is 18.5 Å². The van der Waals surface area contributed by atoms with Crippen LogP contribution in [0.25, 0.3) is 0 Å². The number of ether oxygens (including phenoxy) is 1. The molecule has 0 saturated heterocycles. The van der Waals surface area contributed by atoms with Gasteiger partial charge in [-0.2, -0.15) is 0 Å². The van der Waals surface area contributed by atoms with Crippen molar-refractivity contribution < 1.29 is 23.1 Å². The second-order valence-electron chi connectivity index (χ2n) is 4.33. The van der Waals surface area contributed by atoms with Crippen molar-refractivity contribution in [2.75, 3.05) is 11.9 Å². The van der Waals surface area contributed by atoms with E-state index in [-0.39, 0.29) is 23.4 Å². The molecule has 0 unspecified atom stereocenters. The summed E-state index contributed by atoms with van der Waals surface area (Å²) < 4.78 is 23.6. The highest BCUT2D eigenvalue weighted by atomic mass is 19.1. The quantitative estimate of drug-likeness (QED) is 0.879. The van der Waals surface area contributed by atoms with E-state index in [1.54, 1.807) is 13.8 Å². The van der Waals surface area contributed by atoms with Crippen LogP contribution in [-0.2, 0) is 4.74 Å². The second-order valence-corrected chi connectivity index (χ2v) is 4.33. The monoisotopic (exact) mass is 291 g/mol. The molecule has 0 saturated carbocycles. The molecule has 2 rings (SSSR count). The van der Waals surface area contributed by atoms with Crippen molar-refractivity contribution in [3.8, 4) is 0 Å². The summed E-state index contributed by atoms with van der Waals surface area (Å²) in [6.45, 7) is 3.49. The van der Waals surface area contributed by atoms with Crippen LogP contribution in [0.3, 0.4) is 0 Å². The van der Waals surface area contributed by atoms with Gasteiger partial charge in [-0.05, 0) is 37.6 Å². The molecule has 0 fully saturated rings. The molecule has 0 aliphatic carbocycles. The molecule has 0 aliphatic heterocycles. The molecule has 0 spiro atoms. The Bertz CT molecular complexity index is 665. The molecule has 1 heterocycles. The molecular weight excluding hydrogens is 277 g/mol. The Morgan fingerprint density at radius 2 is 2.14 bits per heavy atom. The molecular formula is C15H14FNO4. The molecule has 6 heteroatoms. The number of hydrogen-bond acceptors (Lipinski definition) is 4. The number of anilines is 1. The van der Waals surface area contributed by atoms with Gasteiger partial charge >= 0.3 is 5.97 Å². The van der Waals surface area contributed by atoms with Gasteiger partial charge in [0, 0.05) is 0 Å². The molecule has 0 aliphatic rings. The van der Waals surface area contributed by atoms with Gasteiger partial charge in [-0.3, -0.25) is 4.79 Å². The van der Waals surface area contributed by atoms with Crippen molar-refractivity contribution in [1.29, 1.82) is 0 Å². The number of hydrogen-bond donors (Lipinski definition) is 1. The molecule has 2 aromatic rings. The summed E-state index contributed by atoms with van der Waals surface area (Å²) in [6.07, 6.45) is 2.58. The smallest absolute Gasteiger partial charge is 0.338 e. The van der Waals surface area contributed by atoms with Gasteiger partial charge in [-0.25, -0.2) is 9.18 Å². The summed E-state index contributed by atoms with van der Waals surface area (Å²) in [7, 11) is 0. The highest BCUT2D eigenvalue weighted by molar-refractivity contribution is 6.04. The molecule has 21 heavy (non-hydrogen) atoms. The first-order valence-electron chi connectivity index (χ1n) is 6.33. The molecule has 0 bridgehead atoms. The number of carbonyl (C=O) groups excluding carboxylic acids is 2. The van der Waals surface area contributed by atoms with Gasteiger partial charge in [0.1, 0.15) is 12.1 Å². The summed E-state index contributed by atoms with van der Waals surface area (Å²) >= 11 is 0. The van der Waals surface area contributed by atoms with Crippen LogP contribution in [0.5, 0.6) is 0 Å². The zero-order valence-corrected chi connectivity index (χ0v) is 11.6. The standard InChI is InChI=1S/C15H14FNO4/c1-3-21-15(19)11-7-13(12(16)6-9(11)2)17-14(18)10-4-5-20-8-10/h4-8H,3H2,1-2H3,(H,17,18). The third kappa shape index (κ3) is 3.28. The molecule has 1 aromatic carbocycles. The normalized spacial score (nSPS) is 10.2. The molecule has 5 nitrogen and oxygen atoms in total. The number of benzene rings is 1. The predicted octanol–water partition coefficient (Wildman–Crippen LogP) is 3.16. The third-order valence-corrected chi connectivity index (χ3v) is 2.84. The number of halogens is 1. The minimum atomic E-state index is -0.627. The van der Waals surface area contributed by atoms with Crippen molar-refractivity contribution >= 4 is 17.6 Å². The number of carbonyl (C=O) groups is 2. The van der Waals surface area contributed by atoms with E-state index in [4.69, 9.17) is 9.15 Å². The van der Waals surface area contributed by atoms with Crippen LogP contribution < -0.4 is 5.32 Å². The van der Waals surface area contributed by atoms with E-state index >= 15 is 0 Å². The number of amides is 1. The fourth-order valence-corrected chi connectivity index (χ4v) is 1.79. The van der Waals surface area contributed by atoms with Crippen LogP contribution in [0, 0.1) is 12.7 Å². The lowest BCUT2D eigenvalue weighted by atomic mass is 10.1. The van der Waals surface area contributed by atoms with E-state index in [0.29, 0.717) is 5.56 Å². The highest BCUT2D eigenvalue weighted by Gasteiger charge is 2.16. The fraction of sp³-hybridized carbons (Fsp3) is 0.200. The van der Waals surface area contributed by atoms with Crippen molar-refractivity contribution in [2.24, 2.45) is 0 Å². The summed E-state index contributed by atoms with van der Waals surface area (Å²) in [6, 6.07) is 3.89. The highest BCUT2D eigenvalue weighted by Crippen LogP contribution is 2.21. The maximum Gasteiger partial charge on any atom is 0.338 e. The minimum Gasteiger partial charge on any atom is -0.472 e. The summed E-state index contributed by atoms with van der Waals surface area (Å²) in [5.41, 5.74) is 0.815. The maximum absolute atomic E-state index is 13.9. The molecule has 0 radical (unpaired) electrons. The van der Waals surface area contributed by atoms with Gasteiger partial charge in [-0.1, -0.05) is 0 Å².